The number of carbonyl (C=O) groups excluding carboxylic acids is 1. The number of hydrogen-bond donors (Lipinski definition) is 1. The Kier molecular flexibility index (Phi) is 11.2. The fourth-order valence-electron chi connectivity index (χ4n) is 3.21. The summed E-state index contributed by atoms with van der Waals surface area (Å²) < 4.78 is 5.22. The van der Waals surface area contributed by atoms with E-state index in [2.05, 4.69) is 53.6 Å². The molecule has 6 nitrogen and oxygen atoms in total. The molecule has 2 atom stereocenters. The van der Waals surface area contributed by atoms with E-state index in [-0.39, 0.29) is 41.9 Å². The van der Waals surface area contributed by atoms with Crippen LogP contribution in [0.15, 0.2) is 22.5 Å². The zero-order valence-electron chi connectivity index (χ0n) is 16.8. The van der Waals surface area contributed by atoms with Crippen LogP contribution in [-0.2, 0) is 9.53 Å². The molecule has 2 unspecified atom stereocenters. The van der Waals surface area contributed by atoms with Crippen LogP contribution in [0, 0.1) is 5.92 Å². The molecule has 1 aromatic rings. The molecule has 27 heavy (non-hydrogen) atoms. The predicted molar refractivity (Wildman–Crippen MR) is 123 cm³/mol. The van der Waals surface area contributed by atoms with Gasteiger partial charge in [0.05, 0.1) is 25.1 Å². The molecular weight excluding hydrogens is 475 g/mol. The van der Waals surface area contributed by atoms with Crippen LogP contribution in [-0.4, -0.2) is 68.6 Å². The first-order chi connectivity index (χ1) is 12.6. The van der Waals surface area contributed by atoms with Gasteiger partial charge in [0.15, 0.2) is 5.96 Å². The number of nitrogens with zero attached hydrogens (tertiary/aromatic N) is 3. The highest BCUT2D eigenvalue weighted by Crippen LogP contribution is 2.24. The number of piperidine rings is 1. The molecule has 2 heterocycles. The number of guanidine groups is 1. The molecule has 1 aromatic heterocycles. The summed E-state index contributed by atoms with van der Waals surface area (Å²) in [5, 5.41) is 5.50. The first-order valence-electron chi connectivity index (χ1n) is 9.46. The van der Waals surface area contributed by atoms with E-state index in [4.69, 9.17) is 9.73 Å². The Morgan fingerprint density at radius 3 is 2.85 bits per heavy atom. The van der Waals surface area contributed by atoms with Crippen molar-refractivity contribution in [1.82, 2.24) is 15.1 Å². The number of nitrogens with one attached hydrogen (secondary N) is 1. The largest absolute Gasteiger partial charge is 0.466 e. The molecule has 1 N–H and O–H groups in total. The van der Waals surface area contributed by atoms with Gasteiger partial charge in [-0.05, 0) is 52.2 Å². The number of aliphatic imine (C=N–C) groups is 1. The number of ether oxygens (including phenoxy) is 1. The highest BCUT2D eigenvalue weighted by atomic mass is 127. The second kappa shape index (κ2) is 12.6. The smallest absolute Gasteiger partial charge is 0.310 e. The van der Waals surface area contributed by atoms with E-state index in [1.54, 1.807) is 11.3 Å². The molecule has 1 fully saturated rings. The summed E-state index contributed by atoms with van der Waals surface area (Å²) in [5.41, 5.74) is 0. The number of rotatable bonds is 7. The number of likely N-dealkylation sites (tertiary alicyclic amines) is 1. The lowest BCUT2D eigenvalue weighted by molar-refractivity contribution is -0.149. The third-order valence-corrected chi connectivity index (χ3v) is 5.56. The van der Waals surface area contributed by atoms with Crippen LogP contribution in [0.5, 0.6) is 0 Å². The minimum Gasteiger partial charge on any atom is -0.466 e. The van der Waals surface area contributed by atoms with Gasteiger partial charge in [0.1, 0.15) is 0 Å². The quantitative estimate of drug-likeness (QED) is 0.265. The van der Waals surface area contributed by atoms with Gasteiger partial charge >= 0.3 is 5.97 Å². The summed E-state index contributed by atoms with van der Waals surface area (Å²) in [4.78, 5) is 22.7. The van der Waals surface area contributed by atoms with Gasteiger partial charge < -0.3 is 19.9 Å². The second-order valence-electron chi connectivity index (χ2n) is 6.73. The molecule has 0 bridgehead atoms. The van der Waals surface area contributed by atoms with Crippen molar-refractivity contribution in [2.75, 3.05) is 46.9 Å². The molecule has 0 radical (unpaired) electrons. The number of thiophene rings is 1. The number of halogens is 1. The van der Waals surface area contributed by atoms with Gasteiger partial charge in [-0.25, -0.2) is 0 Å². The molecular formula is C19H33IN4O2S. The maximum Gasteiger partial charge on any atom is 0.310 e. The Balaban J connectivity index is 0.00000364. The molecule has 0 aliphatic carbocycles. The molecule has 2 rings (SSSR count). The van der Waals surface area contributed by atoms with Gasteiger partial charge in [-0.3, -0.25) is 9.79 Å². The Morgan fingerprint density at radius 1 is 1.48 bits per heavy atom. The monoisotopic (exact) mass is 508 g/mol. The van der Waals surface area contributed by atoms with E-state index in [9.17, 15) is 4.79 Å². The van der Waals surface area contributed by atoms with Gasteiger partial charge in [-0.2, -0.15) is 0 Å². The molecule has 0 spiro atoms. The molecule has 0 amide bonds. The average molecular weight is 508 g/mol. The normalized spacial score (nSPS) is 18.8. The average Bonchev–Trinajstić information content (AvgIpc) is 3.15. The lowest BCUT2D eigenvalue weighted by Gasteiger charge is -2.34. The van der Waals surface area contributed by atoms with Gasteiger partial charge in [-0.1, -0.05) is 6.07 Å². The summed E-state index contributed by atoms with van der Waals surface area (Å²) in [5.74, 6) is 0.747. The van der Waals surface area contributed by atoms with Crippen LogP contribution < -0.4 is 5.32 Å². The third kappa shape index (κ3) is 7.23. The van der Waals surface area contributed by atoms with Crippen molar-refractivity contribution in [3.8, 4) is 0 Å². The van der Waals surface area contributed by atoms with Gasteiger partial charge in [0.25, 0.3) is 0 Å². The van der Waals surface area contributed by atoms with Crippen LogP contribution in [0.2, 0.25) is 0 Å². The zero-order chi connectivity index (χ0) is 18.9. The fourth-order valence-corrected chi connectivity index (χ4v) is 4.12. The van der Waals surface area contributed by atoms with Crippen molar-refractivity contribution in [2.24, 2.45) is 10.9 Å². The number of likely N-dealkylation sites (N-methyl/N-ethyl adjacent to an activating group) is 1. The Morgan fingerprint density at radius 2 is 2.26 bits per heavy atom. The van der Waals surface area contributed by atoms with E-state index < -0.39 is 0 Å². The lowest BCUT2D eigenvalue weighted by atomic mass is 9.98. The van der Waals surface area contributed by atoms with Crippen LogP contribution in [0.4, 0.5) is 0 Å². The van der Waals surface area contributed by atoms with Crippen molar-refractivity contribution >= 4 is 47.2 Å². The van der Waals surface area contributed by atoms with E-state index in [1.807, 2.05) is 6.92 Å². The molecule has 8 heteroatoms. The second-order valence-corrected chi connectivity index (χ2v) is 7.71. The minimum absolute atomic E-state index is 0. The van der Waals surface area contributed by atoms with Gasteiger partial charge in [0, 0.05) is 24.5 Å². The molecule has 1 aliphatic heterocycles. The highest BCUT2D eigenvalue weighted by molar-refractivity contribution is 14.0. The van der Waals surface area contributed by atoms with Crippen molar-refractivity contribution < 1.29 is 9.53 Å². The third-order valence-electron chi connectivity index (χ3n) is 4.58. The van der Waals surface area contributed by atoms with Gasteiger partial charge in [0.2, 0.25) is 0 Å². The maximum absolute atomic E-state index is 12.1. The summed E-state index contributed by atoms with van der Waals surface area (Å²) in [7, 11) is 4.18. The number of hydrogen-bond acceptors (Lipinski definition) is 5. The molecule has 0 saturated carbocycles. The predicted octanol–water partition coefficient (Wildman–Crippen LogP) is 3.21. The first-order valence-corrected chi connectivity index (χ1v) is 10.3. The topological polar surface area (TPSA) is 57.2 Å². The SMILES string of the molecule is CCNC(=NCC(c1cccs1)N(C)C)N1CCCC(C(=O)OCC)C1.I. The van der Waals surface area contributed by atoms with E-state index in [0.29, 0.717) is 19.7 Å². The Bertz CT molecular complexity index is 580. The van der Waals surface area contributed by atoms with E-state index in [0.717, 1.165) is 31.9 Å². The van der Waals surface area contributed by atoms with Crippen LogP contribution in [0.1, 0.15) is 37.6 Å². The summed E-state index contributed by atoms with van der Waals surface area (Å²) in [6, 6.07) is 4.50. The molecule has 0 aromatic carbocycles. The lowest BCUT2D eigenvalue weighted by Crippen LogP contribution is -2.48. The van der Waals surface area contributed by atoms with Crippen molar-refractivity contribution in [3.05, 3.63) is 22.4 Å². The zero-order valence-corrected chi connectivity index (χ0v) is 20.0. The minimum atomic E-state index is -0.0854. The van der Waals surface area contributed by atoms with E-state index in [1.165, 1.54) is 4.88 Å². The van der Waals surface area contributed by atoms with Crippen molar-refractivity contribution in [2.45, 2.75) is 32.7 Å². The van der Waals surface area contributed by atoms with Crippen molar-refractivity contribution in [3.63, 3.8) is 0 Å². The summed E-state index contributed by atoms with van der Waals surface area (Å²) in [6.45, 7) is 7.47. The van der Waals surface area contributed by atoms with Gasteiger partial charge in [-0.15, -0.1) is 35.3 Å². The maximum atomic E-state index is 12.1. The molecule has 1 saturated heterocycles. The van der Waals surface area contributed by atoms with E-state index >= 15 is 0 Å². The molecule has 154 valence electrons. The highest BCUT2D eigenvalue weighted by Gasteiger charge is 2.28. The molecule has 1 aliphatic rings. The van der Waals surface area contributed by atoms with Crippen LogP contribution >= 0.6 is 35.3 Å². The number of esters is 1. The van der Waals surface area contributed by atoms with Crippen LogP contribution in [0.25, 0.3) is 0 Å². The number of carbonyl (C=O) groups is 1. The Labute approximate surface area is 184 Å². The fraction of sp³-hybridized carbons (Fsp3) is 0.684. The Hall–Kier alpha value is -0.870. The standard InChI is InChI=1S/C19H32N4O2S.HI/c1-5-20-19(21-13-16(22(3)4)17-10-8-12-26-17)23-11-7-9-15(14-23)18(24)25-6-2;/h8,10,12,15-16H,5-7,9,11,13-14H2,1-4H3,(H,20,21);1H. The summed E-state index contributed by atoms with van der Waals surface area (Å²) >= 11 is 1.76. The van der Waals surface area contributed by atoms with Crippen LogP contribution in [0.3, 0.4) is 0 Å². The summed E-state index contributed by atoms with van der Waals surface area (Å²) in [6.07, 6.45) is 1.88. The van der Waals surface area contributed by atoms with Crippen molar-refractivity contribution in [1.29, 1.82) is 0 Å². The first kappa shape index (κ1) is 24.2.